The lowest BCUT2D eigenvalue weighted by Gasteiger charge is -2.15. The number of nitrogens with zero attached hydrogens (tertiary/aromatic N) is 2. The lowest BCUT2D eigenvalue weighted by molar-refractivity contribution is -0.123. The third-order valence-corrected chi connectivity index (χ3v) is 4.98. The number of carbonyl (C=O) groups is 2. The molecule has 0 saturated heterocycles. The van der Waals surface area contributed by atoms with E-state index in [1.54, 1.807) is 48.5 Å². The van der Waals surface area contributed by atoms with Crippen LogP contribution in [0.1, 0.15) is 50.0 Å². The van der Waals surface area contributed by atoms with Gasteiger partial charge in [0.1, 0.15) is 0 Å². The molecule has 1 aromatic heterocycles. The summed E-state index contributed by atoms with van der Waals surface area (Å²) in [5.41, 5.74) is 0.406. The topological polar surface area (TPSA) is 90.3 Å². The van der Waals surface area contributed by atoms with E-state index < -0.39 is 18.0 Å². The number of hydrogen-bond donors (Lipinski definition) is 1. The van der Waals surface area contributed by atoms with Crippen molar-refractivity contribution in [1.29, 1.82) is 0 Å². The Hall–Kier alpha value is -3.48. The molecule has 1 amide bonds. The Bertz CT molecular complexity index is 1110. The van der Waals surface area contributed by atoms with E-state index in [2.05, 4.69) is 17.3 Å². The Morgan fingerprint density at radius 1 is 1.00 bits per heavy atom. The van der Waals surface area contributed by atoms with E-state index in [0.29, 0.717) is 23.0 Å². The smallest absolute Gasteiger partial charge is 0.360 e. The molecule has 162 valence electrons. The zero-order chi connectivity index (χ0) is 22.2. The number of nitrogens with one attached hydrogen (secondary N) is 1. The quantitative estimate of drug-likeness (QED) is 0.414. The summed E-state index contributed by atoms with van der Waals surface area (Å²) in [6.45, 7) is 4.04. The second kappa shape index (κ2) is 10.5. The molecular formula is C24H27N3O4. The van der Waals surface area contributed by atoms with Crippen LogP contribution in [-0.2, 0) is 16.1 Å². The summed E-state index contributed by atoms with van der Waals surface area (Å²) < 4.78 is 6.71. The van der Waals surface area contributed by atoms with Gasteiger partial charge in [-0.3, -0.25) is 9.59 Å². The van der Waals surface area contributed by atoms with Crippen molar-refractivity contribution < 1.29 is 14.3 Å². The summed E-state index contributed by atoms with van der Waals surface area (Å²) in [7, 11) is 0. The van der Waals surface area contributed by atoms with E-state index in [0.717, 1.165) is 25.7 Å². The van der Waals surface area contributed by atoms with Crippen molar-refractivity contribution in [3.63, 3.8) is 0 Å². The number of para-hydroxylation sites is 1. The number of hydrogen-bond acceptors (Lipinski definition) is 5. The third kappa shape index (κ3) is 5.57. The van der Waals surface area contributed by atoms with Crippen LogP contribution in [-0.4, -0.2) is 27.8 Å². The molecule has 1 N–H and O–H groups in total. The summed E-state index contributed by atoms with van der Waals surface area (Å²) >= 11 is 0. The average Bonchev–Trinajstić information content (AvgIpc) is 2.78. The molecule has 0 fully saturated rings. The SMILES string of the molecule is CCCCCCn1nc(C(=O)O[C@@H](C)C(=O)Nc2ccccc2)c2ccccc2c1=O. The van der Waals surface area contributed by atoms with Gasteiger partial charge < -0.3 is 10.1 Å². The molecule has 7 heteroatoms. The van der Waals surface area contributed by atoms with E-state index in [9.17, 15) is 14.4 Å². The summed E-state index contributed by atoms with van der Waals surface area (Å²) in [5.74, 6) is -1.19. The zero-order valence-corrected chi connectivity index (χ0v) is 17.8. The predicted octanol–water partition coefficient (Wildman–Crippen LogP) is 4.16. The fraction of sp³-hybridized carbons (Fsp3) is 0.333. The lowest BCUT2D eigenvalue weighted by atomic mass is 10.1. The molecule has 0 unspecified atom stereocenters. The molecule has 1 heterocycles. The first kappa shape index (κ1) is 22.2. The van der Waals surface area contributed by atoms with Crippen LogP contribution in [0.3, 0.4) is 0 Å². The summed E-state index contributed by atoms with van der Waals surface area (Å²) in [6, 6.07) is 15.7. The first-order valence-electron chi connectivity index (χ1n) is 10.6. The number of anilines is 1. The minimum absolute atomic E-state index is 0.0325. The molecule has 31 heavy (non-hydrogen) atoms. The molecule has 3 aromatic rings. The molecule has 0 aliphatic heterocycles. The van der Waals surface area contributed by atoms with Gasteiger partial charge in [0.15, 0.2) is 11.8 Å². The van der Waals surface area contributed by atoms with Crippen LogP contribution in [0, 0.1) is 0 Å². The van der Waals surface area contributed by atoms with Crippen LogP contribution in [0.5, 0.6) is 0 Å². The number of amides is 1. The highest BCUT2D eigenvalue weighted by molar-refractivity contribution is 6.03. The highest BCUT2D eigenvalue weighted by Gasteiger charge is 2.23. The van der Waals surface area contributed by atoms with Crippen LogP contribution >= 0.6 is 0 Å². The fourth-order valence-corrected chi connectivity index (χ4v) is 3.26. The van der Waals surface area contributed by atoms with Crippen molar-refractivity contribution in [2.45, 2.75) is 52.2 Å². The maximum absolute atomic E-state index is 12.9. The molecule has 0 aliphatic rings. The van der Waals surface area contributed by atoms with Crippen molar-refractivity contribution >= 4 is 28.3 Å². The molecule has 0 radical (unpaired) electrons. The van der Waals surface area contributed by atoms with E-state index >= 15 is 0 Å². The summed E-state index contributed by atoms with van der Waals surface area (Å²) in [6.07, 6.45) is 2.90. The number of carbonyl (C=O) groups excluding carboxylic acids is 2. The Labute approximate surface area is 181 Å². The Balaban J connectivity index is 1.81. The zero-order valence-electron chi connectivity index (χ0n) is 17.8. The third-order valence-electron chi connectivity index (χ3n) is 4.98. The highest BCUT2D eigenvalue weighted by atomic mass is 16.5. The maximum atomic E-state index is 12.9. The number of ether oxygens (including phenoxy) is 1. The molecule has 3 rings (SSSR count). The van der Waals surface area contributed by atoms with Gasteiger partial charge in [-0.15, -0.1) is 0 Å². The van der Waals surface area contributed by atoms with Gasteiger partial charge in [0.05, 0.1) is 5.39 Å². The standard InChI is InChI=1S/C24H27N3O4/c1-3-4-5-11-16-27-23(29)20-15-10-9-14-19(20)21(26-27)24(30)31-17(2)22(28)25-18-12-7-6-8-13-18/h6-10,12-15,17H,3-5,11,16H2,1-2H3,(H,25,28)/t17-/m0/s1. The number of esters is 1. The Morgan fingerprint density at radius 2 is 1.68 bits per heavy atom. The van der Waals surface area contributed by atoms with Crippen LogP contribution in [0.4, 0.5) is 5.69 Å². The fourth-order valence-electron chi connectivity index (χ4n) is 3.26. The second-order valence-electron chi connectivity index (χ2n) is 7.39. The first-order valence-corrected chi connectivity index (χ1v) is 10.6. The van der Waals surface area contributed by atoms with Crippen LogP contribution in [0.15, 0.2) is 59.4 Å². The van der Waals surface area contributed by atoms with Gasteiger partial charge in [0, 0.05) is 17.6 Å². The number of aryl methyl sites for hydroxylation is 1. The van der Waals surface area contributed by atoms with Crippen molar-refractivity contribution in [3.05, 3.63) is 70.6 Å². The second-order valence-corrected chi connectivity index (χ2v) is 7.39. The molecular weight excluding hydrogens is 394 g/mol. The first-order chi connectivity index (χ1) is 15.0. The van der Waals surface area contributed by atoms with E-state index in [1.165, 1.54) is 11.6 Å². The highest BCUT2D eigenvalue weighted by Crippen LogP contribution is 2.16. The minimum Gasteiger partial charge on any atom is -0.448 e. The molecule has 0 spiro atoms. The van der Waals surface area contributed by atoms with E-state index in [4.69, 9.17) is 4.74 Å². The minimum atomic E-state index is -1.03. The molecule has 0 saturated carbocycles. The van der Waals surface area contributed by atoms with Crippen LogP contribution in [0.25, 0.3) is 10.8 Å². The monoisotopic (exact) mass is 421 g/mol. The van der Waals surface area contributed by atoms with E-state index in [-0.39, 0.29) is 11.3 Å². The van der Waals surface area contributed by atoms with Crippen molar-refractivity contribution in [2.24, 2.45) is 0 Å². The van der Waals surface area contributed by atoms with Crippen LogP contribution in [0.2, 0.25) is 0 Å². The predicted molar refractivity (Wildman–Crippen MR) is 120 cm³/mol. The maximum Gasteiger partial charge on any atom is 0.360 e. The Morgan fingerprint density at radius 3 is 2.39 bits per heavy atom. The van der Waals surface area contributed by atoms with Crippen molar-refractivity contribution in [2.75, 3.05) is 5.32 Å². The largest absolute Gasteiger partial charge is 0.448 e. The number of unbranched alkanes of at least 4 members (excludes halogenated alkanes) is 3. The van der Waals surface area contributed by atoms with Gasteiger partial charge in [-0.2, -0.15) is 5.10 Å². The van der Waals surface area contributed by atoms with Gasteiger partial charge in [-0.05, 0) is 31.5 Å². The Kier molecular flexibility index (Phi) is 7.54. The molecule has 2 aromatic carbocycles. The van der Waals surface area contributed by atoms with Gasteiger partial charge in [-0.1, -0.05) is 62.6 Å². The van der Waals surface area contributed by atoms with Gasteiger partial charge >= 0.3 is 5.97 Å². The van der Waals surface area contributed by atoms with Gasteiger partial charge in [0.25, 0.3) is 11.5 Å². The van der Waals surface area contributed by atoms with Gasteiger partial charge in [0.2, 0.25) is 0 Å². The number of rotatable bonds is 9. The van der Waals surface area contributed by atoms with Gasteiger partial charge in [-0.25, -0.2) is 9.48 Å². The lowest BCUT2D eigenvalue weighted by Crippen LogP contribution is -2.32. The van der Waals surface area contributed by atoms with Crippen molar-refractivity contribution in [3.8, 4) is 0 Å². The van der Waals surface area contributed by atoms with E-state index in [1.807, 2.05) is 6.07 Å². The summed E-state index contributed by atoms with van der Waals surface area (Å²) in [4.78, 5) is 38.1. The van der Waals surface area contributed by atoms with Crippen LogP contribution < -0.4 is 10.9 Å². The molecule has 0 bridgehead atoms. The number of benzene rings is 2. The number of aromatic nitrogens is 2. The molecule has 0 aliphatic carbocycles. The normalized spacial score (nSPS) is 11.8. The molecule has 1 atom stereocenters. The average molecular weight is 421 g/mol. The van der Waals surface area contributed by atoms with Crippen molar-refractivity contribution in [1.82, 2.24) is 9.78 Å². The molecule has 7 nitrogen and oxygen atoms in total. The summed E-state index contributed by atoms with van der Waals surface area (Å²) in [5, 5.41) is 7.82. The number of fused-ring (bicyclic) bond motifs is 1.